The van der Waals surface area contributed by atoms with Crippen molar-refractivity contribution in [1.82, 2.24) is 10.3 Å². The molecule has 2 aromatic rings. The second kappa shape index (κ2) is 8.43. The summed E-state index contributed by atoms with van der Waals surface area (Å²) in [4.78, 5) is 15.3. The van der Waals surface area contributed by atoms with Crippen molar-refractivity contribution in [1.29, 1.82) is 0 Å². The van der Waals surface area contributed by atoms with Crippen LogP contribution in [0.5, 0.6) is 0 Å². The molecule has 0 radical (unpaired) electrons. The predicted molar refractivity (Wildman–Crippen MR) is 112 cm³/mol. The number of hydrogen-bond donors (Lipinski definition) is 1. The first kappa shape index (κ1) is 23.0. The number of amides is 1. The Balaban J connectivity index is 1.68. The van der Waals surface area contributed by atoms with E-state index in [0.717, 1.165) is 30.7 Å². The average molecular weight is 451 g/mol. The van der Waals surface area contributed by atoms with Gasteiger partial charge in [0, 0.05) is 34.3 Å². The molecular weight excluding hydrogens is 429 g/mol. The van der Waals surface area contributed by atoms with Crippen molar-refractivity contribution in [2.75, 3.05) is 6.54 Å². The average Bonchev–Trinajstić information content (AvgIpc) is 3.44. The van der Waals surface area contributed by atoms with Crippen LogP contribution in [-0.4, -0.2) is 23.2 Å². The smallest absolute Gasteiger partial charge is 0.433 e. The van der Waals surface area contributed by atoms with Gasteiger partial charge in [-0.05, 0) is 63.4 Å². The fourth-order valence-corrected chi connectivity index (χ4v) is 3.43. The molecule has 1 aromatic carbocycles. The summed E-state index contributed by atoms with van der Waals surface area (Å²) in [6, 6.07) is 7.57. The van der Waals surface area contributed by atoms with E-state index in [1.807, 2.05) is 6.07 Å². The molecule has 0 unspecified atom stereocenters. The highest BCUT2D eigenvalue weighted by atomic mass is 35.5. The second-order valence-electron chi connectivity index (χ2n) is 8.51. The first-order valence-corrected chi connectivity index (χ1v) is 10.1. The van der Waals surface area contributed by atoms with E-state index < -0.39 is 23.6 Å². The molecule has 1 N–H and O–H groups in total. The maximum Gasteiger partial charge on any atom is 0.433 e. The van der Waals surface area contributed by atoms with E-state index in [2.05, 4.69) is 22.1 Å². The predicted octanol–water partition coefficient (Wildman–Crippen LogP) is 5.71. The molecule has 1 aromatic heterocycles. The molecule has 0 spiro atoms. The van der Waals surface area contributed by atoms with Crippen molar-refractivity contribution in [2.45, 2.75) is 50.8 Å². The molecule has 0 saturated heterocycles. The fraction of sp³-hybridized carbons (Fsp3) is 0.391. The highest BCUT2D eigenvalue weighted by Crippen LogP contribution is 2.50. The molecule has 4 nitrogen and oxygen atoms in total. The van der Waals surface area contributed by atoms with Gasteiger partial charge in [0.1, 0.15) is 11.3 Å². The highest BCUT2D eigenvalue weighted by molar-refractivity contribution is 6.31. The number of alkyl carbamates (subject to hydrolysis) is 1. The number of alkyl halides is 3. The van der Waals surface area contributed by atoms with Crippen molar-refractivity contribution in [3.05, 3.63) is 63.9 Å². The van der Waals surface area contributed by atoms with Crippen LogP contribution in [0.4, 0.5) is 18.0 Å². The number of ether oxygens (including phenoxy) is 1. The zero-order valence-electron chi connectivity index (χ0n) is 17.4. The van der Waals surface area contributed by atoms with E-state index in [-0.39, 0.29) is 5.41 Å². The molecule has 8 heteroatoms. The second-order valence-corrected chi connectivity index (χ2v) is 8.92. The van der Waals surface area contributed by atoms with E-state index in [9.17, 15) is 18.0 Å². The minimum absolute atomic E-state index is 0.225. The molecule has 1 aliphatic rings. The lowest BCUT2D eigenvalue weighted by molar-refractivity contribution is -0.141. The van der Waals surface area contributed by atoms with Crippen LogP contribution in [0.3, 0.4) is 0 Å². The quantitative estimate of drug-likeness (QED) is 0.609. The van der Waals surface area contributed by atoms with E-state index in [4.69, 9.17) is 16.3 Å². The summed E-state index contributed by atoms with van der Waals surface area (Å²) in [7, 11) is 0. The third-order valence-electron chi connectivity index (χ3n) is 4.77. The number of halogens is 4. The van der Waals surface area contributed by atoms with Crippen LogP contribution in [0, 0.1) is 11.8 Å². The zero-order valence-corrected chi connectivity index (χ0v) is 18.1. The number of rotatable bonds is 3. The Hall–Kier alpha value is -2.72. The SMILES string of the molecule is CC(C)(C)OC(=O)NCC1(c2ccc(C#Cc3ccc(C(F)(F)F)nc3)cc2Cl)CC1. The first-order chi connectivity index (χ1) is 14.4. The molecule has 3 rings (SSSR count). The Bertz CT molecular complexity index is 1030. The molecule has 1 aliphatic carbocycles. The van der Waals surface area contributed by atoms with Gasteiger partial charge in [0.2, 0.25) is 0 Å². The number of hydrogen-bond acceptors (Lipinski definition) is 3. The molecule has 1 saturated carbocycles. The van der Waals surface area contributed by atoms with Gasteiger partial charge in [-0.15, -0.1) is 0 Å². The van der Waals surface area contributed by atoms with E-state index >= 15 is 0 Å². The van der Waals surface area contributed by atoms with Crippen molar-refractivity contribution in [3.63, 3.8) is 0 Å². The summed E-state index contributed by atoms with van der Waals surface area (Å²) in [5, 5.41) is 3.34. The van der Waals surface area contributed by atoms with Crippen molar-refractivity contribution in [2.24, 2.45) is 0 Å². The highest BCUT2D eigenvalue weighted by Gasteiger charge is 2.46. The van der Waals surface area contributed by atoms with Gasteiger partial charge >= 0.3 is 12.3 Å². The summed E-state index contributed by atoms with van der Waals surface area (Å²) >= 11 is 6.48. The van der Waals surface area contributed by atoms with E-state index in [0.29, 0.717) is 22.7 Å². The summed E-state index contributed by atoms with van der Waals surface area (Å²) in [6.07, 6.45) is -2.07. The standard InChI is InChI=1S/C23H22ClF3N2O2/c1-21(2,3)31-20(30)29-14-22(10-11-22)17-8-6-15(12-18(17)24)4-5-16-7-9-19(28-13-16)23(25,26)27/h6-9,12-13H,10-11,14H2,1-3H3,(H,29,30). The van der Waals surface area contributed by atoms with Crippen LogP contribution in [0.2, 0.25) is 5.02 Å². The van der Waals surface area contributed by atoms with Gasteiger partial charge in [-0.3, -0.25) is 4.98 Å². The topological polar surface area (TPSA) is 51.2 Å². The monoisotopic (exact) mass is 450 g/mol. The Labute approximate surface area is 184 Å². The minimum Gasteiger partial charge on any atom is -0.444 e. The van der Waals surface area contributed by atoms with E-state index in [1.165, 1.54) is 6.07 Å². The lowest BCUT2D eigenvalue weighted by atomic mass is 9.94. The lowest BCUT2D eigenvalue weighted by Gasteiger charge is -2.22. The molecule has 31 heavy (non-hydrogen) atoms. The van der Waals surface area contributed by atoms with Gasteiger partial charge in [0.25, 0.3) is 0 Å². The fourth-order valence-electron chi connectivity index (χ4n) is 3.05. The van der Waals surface area contributed by atoms with Gasteiger partial charge in [0.15, 0.2) is 0 Å². The van der Waals surface area contributed by atoms with E-state index in [1.54, 1.807) is 32.9 Å². The van der Waals surface area contributed by atoms with Crippen molar-refractivity contribution >= 4 is 17.7 Å². The molecular formula is C23H22ClF3N2O2. The molecule has 0 atom stereocenters. The summed E-state index contributed by atoms with van der Waals surface area (Å²) < 4.78 is 43.0. The number of benzene rings is 1. The Morgan fingerprint density at radius 3 is 2.32 bits per heavy atom. The lowest BCUT2D eigenvalue weighted by Crippen LogP contribution is -2.37. The van der Waals surface area contributed by atoms with Crippen LogP contribution in [0.15, 0.2) is 36.5 Å². The van der Waals surface area contributed by atoms with Crippen LogP contribution < -0.4 is 5.32 Å². The molecule has 164 valence electrons. The minimum atomic E-state index is -4.48. The third kappa shape index (κ3) is 6.14. The Morgan fingerprint density at radius 1 is 1.16 bits per heavy atom. The summed E-state index contributed by atoms with van der Waals surface area (Å²) in [6.45, 7) is 5.83. The molecule has 0 aliphatic heterocycles. The zero-order chi connectivity index (χ0) is 22.9. The molecule has 1 amide bonds. The van der Waals surface area contributed by atoms with Gasteiger partial charge in [-0.1, -0.05) is 29.5 Å². The maximum absolute atomic E-state index is 12.6. The van der Waals surface area contributed by atoms with Gasteiger partial charge < -0.3 is 10.1 Å². The number of pyridine rings is 1. The van der Waals surface area contributed by atoms with Gasteiger partial charge in [-0.2, -0.15) is 13.2 Å². The largest absolute Gasteiger partial charge is 0.444 e. The number of carbonyl (C=O) groups excluding carboxylic acids is 1. The van der Waals surface area contributed by atoms with Crippen LogP contribution in [0.1, 0.15) is 56.0 Å². The van der Waals surface area contributed by atoms with Crippen LogP contribution in [0.25, 0.3) is 0 Å². The number of nitrogens with zero attached hydrogens (tertiary/aromatic N) is 1. The summed E-state index contributed by atoms with van der Waals surface area (Å²) in [5.41, 5.74) is 0.170. The van der Waals surface area contributed by atoms with Crippen LogP contribution >= 0.6 is 11.6 Å². The van der Waals surface area contributed by atoms with Crippen LogP contribution in [-0.2, 0) is 16.3 Å². The van der Waals surface area contributed by atoms with Gasteiger partial charge in [0.05, 0.1) is 0 Å². The maximum atomic E-state index is 12.6. The van der Waals surface area contributed by atoms with Crippen molar-refractivity contribution < 1.29 is 22.7 Å². The first-order valence-electron chi connectivity index (χ1n) is 9.70. The molecule has 1 fully saturated rings. The number of nitrogens with one attached hydrogen (secondary N) is 1. The third-order valence-corrected chi connectivity index (χ3v) is 5.08. The molecule has 1 heterocycles. The number of carbonyl (C=O) groups is 1. The Morgan fingerprint density at radius 2 is 1.81 bits per heavy atom. The number of aromatic nitrogens is 1. The van der Waals surface area contributed by atoms with Gasteiger partial charge in [-0.25, -0.2) is 4.79 Å². The normalized spacial score (nSPS) is 14.9. The Kier molecular flexibility index (Phi) is 6.24. The van der Waals surface area contributed by atoms with Crippen molar-refractivity contribution in [3.8, 4) is 11.8 Å². The molecule has 0 bridgehead atoms. The summed E-state index contributed by atoms with van der Waals surface area (Å²) in [5.74, 6) is 5.68.